The maximum atomic E-state index is 11.0. The first kappa shape index (κ1) is 16.0. The number of aldehydes is 1. The standard InChI is InChI=1S/C19H21NO2/c1-14-4-7-19(16(3)10-14)17-6-5-15(2)18(11-17)12-20(13-22)8-9-21/h4-7,9-11,13H,8,12H2,1-3H3. The van der Waals surface area contributed by atoms with Gasteiger partial charge in [-0.2, -0.15) is 0 Å². The highest BCUT2D eigenvalue weighted by Crippen LogP contribution is 2.26. The summed E-state index contributed by atoms with van der Waals surface area (Å²) >= 11 is 0. The first-order valence-corrected chi connectivity index (χ1v) is 7.35. The number of nitrogens with zero attached hydrogens (tertiary/aromatic N) is 1. The predicted octanol–water partition coefficient (Wildman–Crippen LogP) is 3.44. The zero-order valence-electron chi connectivity index (χ0n) is 13.3. The van der Waals surface area contributed by atoms with Crippen molar-refractivity contribution >= 4 is 12.7 Å². The Kier molecular flexibility index (Phi) is 5.10. The van der Waals surface area contributed by atoms with Crippen molar-refractivity contribution in [2.45, 2.75) is 27.3 Å². The molecule has 0 atom stereocenters. The summed E-state index contributed by atoms with van der Waals surface area (Å²) in [6, 6.07) is 12.7. The van der Waals surface area contributed by atoms with Gasteiger partial charge in [-0.15, -0.1) is 0 Å². The monoisotopic (exact) mass is 295 g/mol. The van der Waals surface area contributed by atoms with Crippen LogP contribution in [0.3, 0.4) is 0 Å². The molecule has 0 saturated heterocycles. The van der Waals surface area contributed by atoms with Crippen LogP contribution >= 0.6 is 0 Å². The van der Waals surface area contributed by atoms with E-state index in [9.17, 15) is 9.59 Å². The topological polar surface area (TPSA) is 37.4 Å². The molecule has 114 valence electrons. The quantitative estimate of drug-likeness (QED) is 0.766. The molecular formula is C19H21NO2. The Morgan fingerprint density at radius 1 is 0.955 bits per heavy atom. The van der Waals surface area contributed by atoms with E-state index in [0.717, 1.165) is 29.4 Å². The summed E-state index contributed by atoms with van der Waals surface area (Å²) in [4.78, 5) is 23.1. The maximum Gasteiger partial charge on any atom is 0.210 e. The van der Waals surface area contributed by atoms with Gasteiger partial charge in [0.25, 0.3) is 0 Å². The molecule has 0 heterocycles. The van der Waals surface area contributed by atoms with Gasteiger partial charge >= 0.3 is 0 Å². The van der Waals surface area contributed by atoms with Crippen molar-refractivity contribution in [1.82, 2.24) is 4.90 Å². The lowest BCUT2D eigenvalue weighted by Gasteiger charge is -2.17. The second kappa shape index (κ2) is 7.03. The SMILES string of the molecule is Cc1ccc(-c2ccc(C)c(CN(C=O)CC=O)c2)c(C)c1. The fourth-order valence-electron chi connectivity index (χ4n) is 2.61. The summed E-state index contributed by atoms with van der Waals surface area (Å²) in [5, 5.41) is 0. The van der Waals surface area contributed by atoms with E-state index in [-0.39, 0.29) is 6.54 Å². The minimum Gasteiger partial charge on any atom is -0.334 e. The number of rotatable bonds is 6. The van der Waals surface area contributed by atoms with Crippen LogP contribution in [0.5, 0.6) is 0 Å². The van der Waals surface area contributed by atoms with E-state index in [1.165, 1.54) is 21.6 Å². The third kappa shape index (κ3) is 3.61. The molecule has 0 unspecified atom stereocenters. The van der Waals surface area contributed by atoms with Crippen molar-refractivity contribution in [3.63, 3.8) is 0 Å². The molecule has 22 heavy (non-hydrogen) atoms. The molecule has 0 aliphatic carbocycles. The van der Waals surface area contributed by atoms with Gasteiger partial charge < -0.3 is 9.69 Å². The van der Waals surface area contributed by atoms with Crippen LogP contribution < -0.4 is 0 Å². The summed E-state index contributed by atoms with van der Waals surface area (Å²) in [6.07, 6.45) is 1.47. The first-order chi connectivity index (χ1) is 10.5. The summed E-state index contributed by atoms with van der Waals surface area (Å²) in [5.41, 5.74) is 6.98. The predicted molar refractivity (Wildman–Crippen MR) is 88.6 cm³/mol. The second-order valence-corrected chi connectivity index (χ2v) is 5.66. The van der Waals surface area contributed by atoms with Gasteiger partial charge in [-0.1, -0.05) is 35.9 Å². The van der Waals surface area contributed by atoms with Crippen molar-refractivity contribution in [2.75, 3.05) is 6.54 Å². The summed E-state index contributed by atoms with van der Waals surface area (Å²) in [7, 11) is 0. The molecule has 0 fully saturated rings. The van der Waals surface area contributed by atoms with Crippen LogP contribution in [0, 0.1) is 20.8 Å². The van der Waals surface area contributed by atoms with Crippen LogP contribution in [-0.2, 0) is 16.1 Å². The number of aryl methyl sites for hydroxylation is 3. The zero-order chi connectivity index (χ0) is 16.1. The Labute approximate surface area is 131 Å². The lowest BCUT2D eigenvalue weighted by Crippen LogP contribution is -2.23. The van der Waals surface area contributed by atoms with Crippen LogP contribution in [0.2, 0.25) is 0 Å². The molecule has 0 bridgehead atoms. The van der Waals surface area contributed by atoms with Crippen LogP contribution in [0.15, 0.2) is 36.4 Å². The third-order valence-electron chi connectivity index (χ3n) is 3.87. The second-order valence-electron chi connectivity index (χ2n) is 5.66. The van der Waals surface area contributed by atoms with E-state index in [4.69, 9.17) is 0 Å². The highest BCUT2D eigenvalue weighted by Gasteiger charge is 2.08. The first-order valence-electron chi connectivity index (χ1n) is 7.35. The molecule has 0 radical (unpaired) electrons. The third-order valence-corrected chi connectivity index (χ3v) is 3.87. The van der Waals surface area contributed by atoms with E-state index in [1.54, 1.807) is 0 Å². The largest absolute Gasteiger partial charge is 0.334 e. The Morgan fingerprint density at radius 3 is 2.36 bits per heavy atom. The van der Waals surface area contributed by atoms with Gasteiger partial charge in [0.1, 0.15) is 6.29 Å². The number of benzene rings is 2. The van der Waals surface area contributed by atoms with Gasteiger partial charge in [-0.05, 0) is 54.7 Å². The number of hydrogen-bond acceptors (Lipinski definition) is 2. The summed E-state index contributed by atoms with van der Waals surface area (Å²) in [6.45, 7) is 6.78. The van der Waals surface area contributed by atoms with Crippen molar-refractivity contribution in [2.24, 2.45) is 0 Å². The van der Waals surface area contributed by atoms with Gasteiger partial charge in [-0.3, -0.25) is 4.79 Å². The van der Waals surface area contributed by atoms with Gasteiger partial charge in [-0.25, -0.2) is 0 Å². The van der Waals surface area contributed by atoms with Crippen LogP contribution in [0.4, 0.5) is 0 Å². The normalized spacial score (nSPS) is 10.3. The van der Waals surface area contributed by atoms with E-state index in [2.05, 4.69) is 50.2 Å². The Bertz CT molecular complexity index is 692. The van der Waals surface area contributed by atoms with E-state index in [0.29, 0.717) is 6.54 Å². The number of carbonyl (C=O) groups is 2. The molecule has 0 saturated carbocycles. The van der Waals surface area contributed by atoms with Crippen LogP contribution in [0.1, 0.15) is 22.3 Å². The van der Waals surface area contributed by atoms with Gasteiger partial charge in [0, 0.05) is 6.54 Å². The molecule has 0 spiro atoms. The highest BCUT2D eigenvalue weighted by atomic mass is 16.1. The molecule has 2 rings (SSSR count). The lowest BCUT2D eigenvalue weighted by atomic mass is 9.95. The highest BCUT2D eigenvalue weighted by molar-refractivity contribution is 5.69. The fourth-order valence-corrected chi connectivity index (χ4v) is 2.61. The van der Waals surface area contributed by atoms with Crippen molar-refractivity contribution < 1.29 is 9.59 Å². The van der Waals surface area contributed by atoms with Gasteiger partial charge in [0.15, 0.2) is 0 Å². The molecular weight excluding hydrogens is 274 g/mol. The average molecular weight is 295 g/mol. The van der Waals surface area contributed by atoms with E-state index < -0.39 is 0 Å². The van der Waals surface area contributed by atoms with Crippen molar-refractivity contribution in [3.05, 3.63) is 58.7 Å². The van der Waals surface area contributed by atoms with Crippen LogP contribution in [0.25, 0.3) is 11.1 Å². The summed E-state index contributed by atoms with van der Waals surface area (Å²) < 4.78 is 0. The molecule has 0 aliphatic rings. The number of amides is 1. The van der Waals surface area contributed by atoms with E-state index in [1.807, 2.05) is 6.92 Å². The van der Waals surface area contributed by atoms with Crippen molar-refractivity contribution in [3.8, 4) is 11.1 Å². The Morgan fingerprint density at radius 2 is 1.73 bits per heavy atom. The van der Waals surface area contributed by atoms with E-state index >= 15 is 0 Å². The molecule has 2 aromatic rings. The van der Waals surface area contributed by atoms with Crippen molar-refractivity contribution in [1.29, 1.82) is 0 Å². The Balaban J connectivity index is 2.37. The minimum absolute atomic E-state index is 0.122. The molecule has 0 aromatic heterocycles. The molecule has 1 amide bonds. The fraction of sp³-hybridized carbons (Fsp3) is 0.263. The van der Waals surface area contributed by atoms with Gasteiger partial charge in [0.05, 0.1) is 6.54 Å². The lowest BCUT2D eigenvalue weighted by molar-refractivity contribution is -0.122. The van der Waals surface area contributed by atoms with Gasteiger partial charge in [0.2, 0.25) is 6.41 Å². The molecule has 3 heteroatoms. The molecule has 3 nitrogen and oxygen atoms in total. The average Bonchev–Trinajstić information content (AvgIpc) is 2.49. The minimum atomic E-state index is 0.122. The molecule has 0 N–H and O–H groups in total. The molecule has 0 aliphatic heterocycles. The molecule has 2 aromatic carbocycles. The Hall–Kier alpha value is -2.42. The smallest absolute Gasteiger partial charge is 0.210 e. The summed E-state index contributed by atoms with van der Waals surface area (Å²) in [5.74, 6) is 0. The number of hydrogen-bond donors (Lipinski definition) is 0. The number of carbonyl (C=O) groups excluding carboxylic acids is 2. The van der Waals surface area contributed by atoms with Crippen LogP contribution in [-0.4, -0.2) is 24.1 Å². The maximum absolute atomic E-state index is 11.0. The zero-order valence-corrected chi connectivity index (χ0v) is 13.3.